The Kier molecular flexibility index (Phi) is 6.98. The van der Waals surface area contributed by atoms with Crippen LogP contribution < -0.4 is 10.1 Å². The molecule has 0 saturated heterocycles. The molecule has 31 heavy (non-hydrogen) atoms. The van der Waals surface area contributed by atoms with Crippen LogP contribution in [0.3, 0.4) is 0 Å². The van der Waals surface area contributed by atoms with Crippen LogP contribution in [0.5, 0.6) is 5.75 Å². The molecule has 3 rings (SSSR count). The first-order valence-electron chi connectivity index (χ1n) is 9.64. The second kappa shape index (κ2) is 9.85. The van der Waals surface area contributed by atoms with Crippen molar-refractivity contribution in [1.29, 1.82) is 0 Å². The number of nitrogens with zero attached hydrogens (tertiary/aromatic N) is 1. The number of H-pyrrole nitrogens is 1. The number of unbranched alkanes of at least 4 members (excludes halogenated alkanes) is 1. The number of carbonyl (C=O) groups is 1. The fraction of sp³-hybridized carbons (Fsp3) is 0.217. The zero-order valence-corrected chi connectivity index (χ0v) is 16.7. The molecule has 0 spiro atoms. The van der Waals surface area contributed by atoms with Gasteiger partial charge in [-0.2, -0.15) is 13.2 Å². The highest BCUT2D eigenvalue weighted by Crippen LogP contribution is 2.32. The zero-order chi connectivity index (χ0) is 22.3. The van der Waals surface area contributed by atoms with Crippen LogP contribution in [0.4, 0.5) is 18.9 Å². The Hall–Kier alpha value is -3.73. The predicted molar refractivity (Wildman–Crippen MR) is 111 cm³/mol. The molecule has 0 bridgehead atoms. The molecule has 0 unspecified atom stereocenters. The average Bonchev–Trinajstić information content (AvgIpc) is 3.25. The van der Waals surface area contributed by atoms with E-state index in [0.717, 1.165) is 19.0 Å². The van der Waals surface area contributed by atoms with Gasteiger partial charge in [0, 0.05) is 17.0 Å². The predicted octanol–water partition coefficient (Wildman–Crippen LogP) is 5.26. The number of carbonyl (C=O) groups excluding carboxylic acids is 1. The van der Waals surface area contributed by atoms with E-state index in [1.165, 1.54) is 6.07 Å². The Bertz CT molecular complexity index is 1100. The molecule has 2 N–H and O–H groups in total. The maximum Gasteiger partial charge on any atom is 0.432 e. The van der Waals surface area contributed by atoms with Gasteiger partial charge in [-0.15, -0.1) is 0 Å². The molecule has 0 saturated carbocycles. The van der Waals surface area contributed by atoms with E-state index < -0.39 is 17.8 Å². The minimum absolute atomic E-state index is 0.0262. The van der Waals surface area contributed by atoms with Gasteiger partial charge in [-0.25, -0.2) is 4.98 Å². The summed E-state index contributed by atoms with van der Waals surface area (Å²) in [6, 6.07) is 13.7. The number of halogens is 3. The number of rotatable bonds is 6. The first-order valence-corrected chi connectivity index (χ1v) is 9.64. The Morgan fingerprint density at radius 1 is 1.19 bits per heavy atom. The zero-order valence-electron chi connectivity index (χ0n) is 16.7. The summed E-state index contributed by atoms with van der Waals surface area (Å²) in [6.45, 7) is 2.46. The van der Waals surface area contributed by atoms with Gasteiger partial charge in [0.25, 0.3) is 0 Å². The summed E-state index contributed by atoms with van der Waals surface area (Å²) < 4.78 is 44.3. The van der Waals surface area contributed by atoms with E-state index in [-0.39, 0.29) is 5.82 Å². The fourth-order valence-corrected chi connectivity index (χ4v) is 2.64. The highest BCUT2D eigenvalue weighted by Gasteiger charge is 2.33. The number of hydrogen-bond donors (Lipinski definition) is 2. The van der Waals surface area contributed by atoms with E-state index in [9.17, 15) is 18.0 Å². The second-order valence-electron chi connectivity index (χ2n) is 6.63. The van der Waals surface area contributed by atoms with Crippen LogP contribution in [-0.4, -0.2) is 22.5 Å². The first-order chi connectivity index (χ1) is 14.9. The van der Waals surface area contributed by atoms with E-state index in [1.54, 1.807) is 24.3 Å². The standard InChI is InChI=1S/C23H20F3N3O2/c1-2-3-13-31-19-11-10-17(22-27-15-20(29-22)23(24,25)26)14-18(19)28-21(30)12-9-16-7-5-4-6-8-16/h4-8,10-11,14-15H,2-3,13H2,1H3,(H,27,29)(H,28,30). The molecule has 1 aromatic heterocycles. The van der Waals surface area contributed by atoms with Crippen LogP contribution in [0.1, 0.15) is 31.0 Å². The second-order valence-corrected chi connectivity index (χ2v) is 6.63. The molecule has 0 atom stereocenters. The Balaban J connectivity index is 1.86. The van der Waals surface area contributed by atoms with Gasteiger partial charge in [0.05, 0.1) is 18.5 Å². The van der Waals surface area contributed by atoms with E-state index in [1.807, 2.05) is 25.1 Å². The maximum absolute atomic E-state index is 12.9. The normalized spacial score (nSPS) is 10.8. The number of amides is 1. The van der Waals surface area contributed by atoms with Gasteiger partial charge in [0.2, 0.25) is 0 Å². The molecule has 0 radical (unpaired) electrons. The van der Waals surface area contributed by atoms with Crippen molar-refractivity contribution < 1.29 is 22.7 Å². The Morgan fingerprint density at radius 2 is 1.97 bits per heavy atom. The number of hydrogen-bond acceptors (Lipinski definition) is 3. The lowest BCUT2D eigenvalue weighted by molar-refractivity contribution is -0.140. The molecule has 8 heteroatoms. The van der Waals surface area contributed by atoms with Gasteiger partial charge in [-0.05, 0) is 36.8 Å². The molecule has 3 aromatic rings. The van der Waals surface area contributed by atoms with Gasteiger partial charge in [-0.1, -0.05) is 37.5 Å². The number of anilines is 1. The lowest BCUT2D eigenvalue weighted by atomic mass is 10.1. The Labute approximate surface area is 177 Å². The number of aromatic nitrogens is 2. The van der Waals surface area contributed by atoms with Crippen molar-refractivity contribution in [3.8, 4) is 29.0 Å². The van der Waals surface area contributed by atoms with Crippen LogP contribution in [0, 0.1) is 11.8 Å². The minimum atomic E-state index is -4.53. The third-order valence-corrected chi connectivity index (χ3v) is 4.23. The monoisotopic (exact) mass is 427 g/mol. The molecule has 0 aliphatic carbocycles. The molecule has 0 aliphatic rings. The quantitative estimate of drug-likeness (QED) is 0.416. The number of aromatic amines is 1. The lowest BCUT2D eigenvalue weighted by Crippen LogP contribution is -2.11. The van der Waals surface area contributed by atoms with E-state index in [2.05, 4.69) is 27.1 Å². The van der Waals surface area contributed by atoms with Crippen LogP contribution in [0.2, 0.25) is 0 Å². The number of ether oxygens (including phenoxy) is 1. The van der Waals surface area contributed by atoms with Crippen molar-refractivity contribution in [3.63, 3.8) is 0 Å². The lowest BCUT2D eigenvalue weighted by Gasteiger charge is -2.12. The molecule has 1 amide bonds. The van der Waals surface area contributed by atoms with Gasteiger partial charge in [0.15, 0.2) is 0 Å². The van der Waals surface area contributed by atoms with Gasteiger partial charge >= 0.3 is 12.1 Å². The van der Waals surface area contributed by atoms with Crippen LogP contribution >= 0.6 is 0 Å². The number of imidazole rings is 1. The summed E-state index contributed by atoms with van der Waals surface area (Å²) in [4.78, 5) is 18.4. The molecular weight excluding hydrogens is 407 g/mol. The van der Waals surface area contributed by atoms with Crippen molar-refractivity contribution in [2.24, 2.45) is 0 Å². The average molecular weight is 427 g/mol. The van der Waals surface area contributed by atoms with Crippen molar-refractivity contribution in [2.75, 3.05) is 11.9 Å². The van der Waals surface area contributed by atoms with Gasteiger partial charge in [0.1, 0.15) is 17.3 Å². The molecule has 1 heterocycles. The summed E-state index contributed by atoms with van der Waals surface area (Å²) in [6.07, 6.45) is -2.06. The largest absolute Gasteiger partial charge is 0.491 e. The van der Waals surface area contributed by atoms with Crippen LogP contribution in [-0.2, 0) is 11.0 Å². The smallest absolute Gasteiger partial charge is 0.432 e. The SMILES string of the molecule is CCCCOc1ccc(-c2ncc(C(F)(F)F)[nH]2)cc1NC(=O)C#Cc1ccccc1. The molecule has 5 nitrogen and oxygen atoms in total. The summed E-state index contributed by atoms with van der Waals surface area (Å²) in [5.74, 6) is 5.11. The molecule has 0 aliphatic heterocycles. The third-order valence-electron chi connectivity index (χ3n) is 4.23. The highest BCUT2D eigenvalue weighted by atomic mass is 19.4. The number of alkyl halides is 3. The van der Waals surface area contributed by atoms with E-state index in [4.69, 9.17) is 4.74 Å². The summed E-state index contributed by atoms with van der Waals surface area (Å²) in [7, 11) is 0. The topological polar surface area (TPSA) is 67.0 Å². The number of benzene rings is 2. The van der Waals surface area contributed by atoms with Crippen LogP contribution in [0.25, 0.3) is 11.4 Å². The van der Waals surface area contributed by atoms with Crippen molar-refractivity contribution in [3.05, 3.63) is 66.0 Å². The fourth-order valence-electron chi connectivity index (χ4n) is 2.64. The van der Waals surface area contributed by atoms with Gasteiger partial charge in [-0.3, -0.25) is 4.79 Å². The minimum Gasteiger partial charge on any atom is -0.491 e. The molecule has 160 valence electrons. The van der Waals surface area contributed by atoms with Crippen molar-refractivity contribution in [1.82, 2.24) is 9.97 Å². The highest BCUT2D eigenvalue weighted by molar-refractivity contribution is 6.05. The van der Waals surface area contributed by atoms with Crippen LogP contribution in [0.15, 0.2) is 54.7 Å². The molecular formula is C23H20F3N3O2. The molecule has 2 aromatic carbocycles. The first kappa shape index (κ1) is 22.0. The number of nitrogens with one attached hydrogen (secondary N) is 2. The van der Waals surface area contributed by atoms with Crippen molar-refractivity contribution >= 4 is 11.6 Å². The summed E-state index contributed by atoms with van der Waals surface area (Å²) in [5, 5.41) is 2.65. The summed E-state index contributed by atoms with van der Waals surface area (Å²) in [5.41, 5.74) is 0.391. The van der Waals surface area contributed by atoms with E-state index in [0.29, 0.717) is 29.2 Å². The maximum atomic E-state index is 12.9. The third kappa shape index (κ3) is 6.12. The van der Waals surface area contributed by atoms with Gasteiger partial charge < -0.3 is 15.0 Å². The molecule has 0 fully saturated rings. The Morgan fingerprint density at radius 3 is 2.65 bits per heavy atom. The van der Waals surface area contributed by atoms with Crippen molar-refractivity contribution in [2.45, 2.75) is 25.9 Å². The summed E-state index contributed by atoms with van der Waals surface area (Å²) >= 11 is 0. The van der Waals surface area contributed by atoms with E-state index >= 15 is 0 Å².